The van der Waals surface area contributed by atoms with E-state index in [4.69, 9.17) is 0 Å². The number of aliphatic hydroxyl groups is 1. The van der Waals surface area contributed by atoms with Gasteiger partial charge < -0.3 is 5.11 Å². The number of benzene rings is 1. The lowest BCUT2D eigenvalue weighted by Gasteiger charge is -2.30. The summed E-state index contributed by atoms with van der Waals surface area (Å²) < 4.78 is 0. The summed E-state index contributed by atoms with van der Waals surface area (Å²) >= 11 is 0. The van der Waals surface area contributed by atoms with Gasteiger partial charge in [-0.1, -0.05) is 49.8 Å². The van der Waals surface area contributed by atoms with Crippen molar-refractivity contribution in [2.75, 3.05) is 6.61 Å². The monoisotopic (exact) mass is 246 g/mol. The smallest absolute Gasteiger partial charge is 0.0433 e. The summed E-state index contributed by atoms with van der Waals surface area (Å²) in [6.45, 7) is 10.9. The van der Waals surface area contributed by atoms with Crippen molar-refractivity contribution in [2.45, 2.75) is 39.5 Å². The van der Waals surface area contributed by atoms with Crippen LogP contribution in [0.15, 0.2) is 42.5 Å². The van der Waals surface area contributed by atoms with E-state index in [1.807, 2.05) is 0 Å². The van der Waals surface area contributed by atoms with Crippen LogP contribution in [-0.4, -0.2) is 11.7 Å². The molecule has 0 aliphatic carbocycles. The van der Waals surface area contributed by atoms with Gasteiger partial charge in [0, 0.05) is 6.61 Å². The number of hydrogen-bond acceptors (Lipinski definition) is 1. The summed E-state index contributed by atoms with van der Waals surface area (Å²) in [7, 11) is 0. The maximum Gasteiger partial charge on any atom is 0.0433 e. The second-order valence-electron chi connectivity index (χ2n) is 5.60. The largest absolute Gasteiger partial charge is 0.396 e. The first-order valence-electron chi connectivity index (χ1n) is 6.86. The van der Waals surface area contributed by atoms with Gasteiger partial charge in [-0.15, -0.1) is 6.58 Å². The van der Waals surface area contributed by atoms with Crippen molar-refractivity contribution in [1.82, 2.24) is 0 Å². The molecule has 1 nitrogen and oxygen atoms in total. The maximum absolute atomic E-state index is 9.29. The molecule has 0 aliphatic heterocycles. The Labute approximate surface area is 112 Å². The highest BCUT2D eigenvalue weighted by atomic mass is 16.3. The van der Waals surface area contributed by atoms with Crippen LogP contribution in [0, 0.1) is 11.8 Å². The summed E-state index contributed by atoms with van der Waals surface area (Å²) in [5.74, 6) is 1.55. The topological polar surface area (TPSA) is 20.2 Å². The van der Waals surface area contributed by atoms with Crippen molar-refractivity contribution in [2.24, 2.45) is 11.8 Å². The summed E-state index contributed by atoms with van der Waals surface area (Å²) in [5, 5.41) is 9.29. The number of hydrogen-bond donors (Lipinski definition) is 1. The fourth-order valence-electron chi connectivity index (χ4n) is 2.74. The van der Waals surface area contributed by atoms with Gasteiger partial charge in [-0.2, -0.15) is 0 Å². The van der Waals surface area contributed by atoms with Crippen molar-refractivity contribution in [1.29, 1.82) is 0 Å². The second-order valence-corrected chi connectivity index (χ2v) is 5.60. The van der Waals surface area contributed by atoms with E-state index in [0.29, 0.717) is 17.8 Å². The molecule has 0 spiro atoms. The lowest BCUT2D eigenvalue weighted by molar-refractivity contribution is 0.208. The molecule has 0 saturated carbocycles. The standard InChI is InChI=1S/C17H26O/c1-13(2)12-17(15-8-6-5-7-9-15)16(10-11-18)14(3)4/h5-9,14,16-18H,1,10-12H2,2-4H3/t16-,17+/m0/s1. The number of allylic oxidation sites excluding steroid dienone is 1. The van der Waals surface area contributed by atoms with Crippen LogP contribution in [0.1, 0.15) is 45.1 Å². The van der Waals surface area contributed by atoms with Crippen LogP contribution in [0.3, 0.4) is 0 Å². The average Bonchev–Trinajstić information content (AvgIpc) is 2.34. The highest BCUT2D eigenvalue weighted by molar-refractivity contribution is 5.22. The van der Waals surface area contributed by atoms with E-state index in [1.54, 1.807) is 0 Å². The third kappa shape index (κ3) is 4.30. The lowest BCUT2D eigenvalue weighted by atomic mass is 9.75. The minimum absolute atomic E-state index is 0.266. The highest BCUT2D eigenvalue weighted by Crippen LogP contribution is 2.36. The Morgan fingerprint density at radius 3 is 2.28 bits per heavy atom. The average molecular weight is 246 g/mol. The Hall–Kier alpha value is -1.08. The minimum Gasteiger partial charge on any atom is -0.396 e. The summed E-state index contributed by atoms with van der Waals surface area (Å²) in [5.41, 5.74) is 2.58. The molecule has 0 unspecified atom stereocenters. The molecule has 0 fully saturated rings. The first-order valence-corrected chi connectivity index (χ1v) is 6.86. The molecule has 18 heavy (non-hydrogen) atoms. The molecule has 1 rings (SSSR count). The van der Waals surface area contributed by atoms with E-state index in [9.17, 15) is 5.11 Å². The predicted molar refractivity (Wildman–Crippen MR) is 78.6 cm³/mol. The molecule has 0 amide bonds. The third-order valence-corrected chi connectivity index (χ3v) is 3.63. The van der Waals surface area contributed by atoms with Gasteiger partial charge in [0.1, 0.15) is 0 Å². The fraction of sp³-hybridized carbons (Fsp3) is 0.529. The van der Waals surface area contributed by atoms with Gasteiger partial charge in [0.2, 0.25) is 0 Å². The minimum atomic E-state index is 0.266. The van der Waals surface area contributed by atoms with Crippen molar-refractivity contribution in [3.63, 3.8) is 0 Å². The molecule has 0 saturated heterocycles. The lowest BCUT2D eigenvalue weighted by Crippen LogP contribution is -2.20. The molecular formula is C17H26O. The number of aliphatic hydroxyl groups excluding tert-OH is 1. The molecule has 1 N–H and O–H groups in total. The summed E-state index contributed by atoms with van der Waals surface area (Å²) in [6, 6.07) is 10.6. The fourth-order valence-corrected chi connectivity index (χ4v) is 2.74. The molecule has 1 aromatic rings. The molecule has 0 bridgehead atoms. The van der Waals surface area contributed by atoms with E-state index in [2.05, 4.69) is 57.7 Å². The molecule has 0 radical (unpaired) electrons. The van der Waals surface area contributed by atoms with E-state index >= 15 is 0 Å². The van der Waals surface area contributed by atoms with Crippen molar-refractivity contribution in [3.8, 4) is 0 Å². The number of rotatable bonds is 7. The first-order chi connectivity index (χ1) is 8.56. The molecule has 1 aromatic carbocycles. The van der Waals surface area contributed by atoms with Crippen LogP contribution < -0.4 is 0 Å². The second kappa shape index (κ2) is 7.38. The Bertz CT molecular complexity index is 353. The molecule has 0 heterocycles. The van der Waals surface area contributed by atoms with E-state index in [0.717, 1.165) is 12.8 Å². The zero-order valence-electron chi connectivity index (χ0n) is 11.9. The van der Waals surface area contributed by atoms with Crippen molar-refractivity contribution >= 4 is 0 Å². The predicted octanol–water partition coefficient (Wildman–Crippen LogP) is 4.39. The Balaban J connectivity index is 2.99. The summed E-state index contributed by atoms with van der Waals surface area (Å²) in [6.07, 6.45) is 1.87. The Morgan fingerprint density at radius 1 is 1.22 bits per heavy atom. The van der Waals surface area contributed by atoms with Crippen LogP contribution in [0.5, 0.6) is 0 Å². The SMILES string of the molecule is C=C(C)C[C@H](c1ccccc1)[C@@H](CCO)C(C)C. The quantitative estimate of drug-likeness (QED) is 0.707. The van der Waals surface area contributed by atoms with Crippen LogP contribution in [0.25, 0.3) is 0 Å². The molecule has 0 aromatic heterocycles. The van der Waals surface area contributed by atoms with Gasteiger partial charge in [0.15, 0.2) is 0 Å². The Kier molecular flexibility index (Phi) is 6.14. The highest BCUT2D eigenvalue weighted by Gasteiger charge is 2.25. The van der Waals surface area contributed by atoms with Crippen LogP contribution in [0.2, 0.25) is 0 Å². The van der Waals surface area contributed by atoms with Crippen molar-refractivity contribution < 1.29 is 5.11 Å². The van der Waals surface area contributed by atoms with E-state index in [1.165, 1.54) is 11.1 Å². The van der Waals surface area contributed by atoms with E-state index < -0.39 is 0 Å². The Morgan fingerprint density at radius 2 is 1.83 bits per heavy atom. The van der Waals surface area contributed by atoms with Crippen LogP contribution >= 0.6 is 0 Å². The summed E-state index contributed by atoms with van der Waals surface area (Å²) in [4.78, 5) is 0. The molecular weight excluding hydrogens is 220 g/mol. The molecule has 0 aliphatic rings. The van der Waals surface area contributed by atoms with Gasteiger partial charge in [-0.25, -0.2) is 0 Å². The van der Waals surface area contributed by atoms with Gasteiger partial charge in [-0.3, -0.25) is 0 Å². The third-order valence-electron chi connectivity index (χ3n) is 3.63. The van der Waals surface area contributed by atoms with Crippen LogP contribution in [0.4, 0.5) is 0 Å². The molecule has 2 atom stereocenters. The van der Waals surface area contributed by atoms with Crippen LogP contribution in [-0.2, 0) is 0 Å². The van der Waals surface area contributed by atoms with Gasteiger partial charge >= 0.3 is 0 Å². The van der Waals surface area contributed by atoms with Gasteiger partial charge in [-0.05, 0) is 43.1 Å². The zero-order chi connectivity index (χ0) is 13.5. The van der Waals surface area contributed by atoms with Gasteiger partial charge in [0.05, 0.1) is 0 Å². The first kappa shape index (κ1) is 15.0. The molecule has 1 heteroatoms. The van der Waals surface area contributed by atoms with E-state index in [-0.39, 0.29) is 6.61 Å². The van der Waals surface area contributed by atoms with Gasteiger partial charge in [0.25, 0.3) is 0 Å². The molecule has 100 valence electrons. The zero-order valence-corrected chi connectivity index (χ0v) is 11.9. The normalized spacial score (nSPS) is 14.5. The maximum atomic E-state index is 9.29. The van der Waals surface area contributed by atoms with Crippen molar-refractivity contribution in [3.05, 3.63) is 48.0 Å².